The minimum Gasteiger partial charge on any atom is -0.361 e. The molecule has 0 unspecified atom stereocenters. The summed E-state index contributed by atoms with van der Waals surface area (Å²) < 4.78 is 6.98. The molecule has 0 N–H and O–H groups in total. The van der Waals surface area contributed by atoms with Crippen molar-refractivity contribution < 1.29 is 9.32 Å². The molecule has 2 aromatic heterocycles. The fourth-order valence-corrected chi connectivity index (χ4v) is 3.21. The van der Waals surface area contributed by atoms with Crippen LogP contribution in [0.5, 0.6) is 0 Å². The zero-order valence-electron chi connectivity index (χ0n) is 14.7. The number of amides is 1. The van der Waals surface area contributed by atoms with E-state index >= 15 is 0 Å². The standard InChI is InChI=1S/C17H25N5O2/c1-13-16(14(2)24-19-13)9-17(23)22-6-4-5-21(7-8-22)12-15-10-18-20(3)11-15/h10-11H,4-9,12H2,1-3H3. The summed E-state index contributed by atoms with van der Waals surface area (Å²) in [5.41, 5.74) is 2.96. The predicted molar refractivity (Wildman–Crippen MR) is 89.4 cm³/mol. The average molecular weight is 331 g/mol. The zero-order chi connectivity index (χ0) is 17.1. The fourth-order valence-electron chi connectivity index (χ4n) is 3.21. The molecule has 1 aliphatic heterocycles. The molecular weight excluding hydrogens is 306 g/mol. The second-order valence-electron chi connectivity index (χ2n) is 6.51. The van der Waals surface area contributed by atoms with Gasteiger partial charge in [-0.05, 0) is 20.3 Å². The minimum atomic E-state index is 0.160. The van der Waals surface area contributed by atoms with Gasteiger partial charge in [-0.1, -0.05) is 5.16 Å². The van der Waals surface area contributed by atoms with Gasteiger partial charge in [0.05, 0.1) is 18.3 Å². The van der Waals surface area contributed by atoms with E-state index in [1.165, 1.54) is 5.56 Å². The van der Waals surface area contributed by atoms with Gasteiger partial charge in [-0.2, -0.15) is 5.10 Å². The second-order valence-corrected chi connectivity index (χ2v) is 6.51. The Morgan fingerprint density at radius 3 is 2.75 bits per heavy atom. The maximum atomic E-state index is 12.6. The maximum absolute atomic E-state index is 12.6. The van der Waals surface area contributed by atoms with E-state index in [9.17, 15) is 4.79 Å². The molecule has 3 heterocycles. The topological polar surface area (TPSA) is 67.4 Å². The van der Waals surface area contributed by atoms with Crippen molar-refractivity contribution in [1.29, 1.82) is 0 Å². The van der Waals surface area contributed by atoms with Crippen LogP contribution in [0.15, 0.2) is 16.9 Å². The summed E-state index contributed by atoms with van der Waals surface area (Å²) in [6.07, 6.45) is 5.33. The lowest BCUT2D eigenvalue weighted by molar-refractivity contribution is -0.130. The first-order valence-corrected chi connectivity index (χ1v) is 8.42. The third-order valence-corrected chi connectivity index (χ3v) is 4.61. The van der Waals surface area contributed by atoms with Crippen LogP contribution in [0.2, 0.25) is 0 Å². The van der Waals surface area contributed by atoms with E-state index in [-0.39, 0.29) is 5.91 Å². The average Bonchev–Trinajstić information content (AvgIpc) is 2.99. The van der Waals surface area contributed by atoms with Gasteiger partial charge in [0.15, 0.2) is 0 Å². The second kappa shape index (κ2) is 7.17. The van der Waals surface area contributed by atoms with Crippen molar-refractivity contribution in [3.05, 3.63) is 35.0 Å². The number of aryl methyl sites for hydroxylation is 3. The fraction of sp³-hybridized carbons (Fsp3) is 0.588. The maximum Gasteiger partial charge on any atom is 0.227 e. The van der Waals surface area contributed by atoms with Crippen LogP contribution in [0, 0.1) is 13.8 Å². The number of rotatable bonds is 4. The van der Waals surface area contributed by atoms with E-state index in [4.69, 9.17) is 4.52 Å². The van der Waals surface area contributed by atoms with Crippen LogP contribution in [-0.4, -0.2) is 56.8 Å². The normalized spacial score (nSPS) is 16.4. The SMILES string of the molecule is Cc1noc(C)c1CC(=O)N1CCCN(Cc2cnn(C)c2)CC1. The summed E-state index contributed by atoms with van der Waals surface area (Å²) in [4.78, 5) is 17.0. The quantitative estimate of drug-likeness (QED) is 0.845. The van der Waals surface area contributed by atoms with Gasteiger partial charge in [-0.15, -0.1) is 0 Å². The molecule has 0 bridgehead atoms. The van der Waals surface area contributed by atoms with Gasteiger partial charge in [0.25, 0.3) is 0 Å². The molecular formula is C17H25N5O2. The summed E-state index contributed by atoms with van der Waals surface area (Å²) in [5.74, 6) is 0.904. The first-order chi connectivity index (χ1) is 11.5. The summed E-state index contributed by atoms with van der Waals surface area (Å²) in [6, 6.07) is 0. The Kier molecular flexibility index (Phi) is 4.99. The van der Waals surface area contributed by atoms with Crippen molar-refractivity contribution in [3.8, 4) is 0 Å². The molecule has 1 amide bonds. The molecule has 1 fully saturated rings. The van der Waals surface area contributed by atoms with Crippen LogP contribution in [-0.2, 0) is 24.8 Å². The molecule has 3 rings (SSSR count). The Hall–Kier alpha value is -2.15. The van der Waals surface area contributed by atoms with Crippen molar-refractivity contribution in [2.24, 2.45) is 7.05 Å². The van der Waals surface area contributed by atoms with Crippen molar-refractivity contribution >= 4 is 5.91 Å². The van der Waals surface area contributed by atoms with Crippen molar-refractivity contribution in [2.75, 3.05) is 26.2 Å². The molecule has 24 heavy (non-hydrogen) atoms. The Labute approximate surface area is 142 Å². The van der Waals surface area contributed by atoms with E-state index in [1.54, 1.807) is 0 Å². The highest BCUT2D eigenvalue weighted by molar-refractivity contribution is 5.79. The Bertz CT molecular complexity index is 686. The Morgan fingerprint density at radius 1 is 1.25 bits per heavy atom. The van der Waals surface area contributed by atoms with Crippen LogP contribution in [0.4, 0.5) is 0 Å². The van der Waals surface area contributed by atoms with E-state index in [0.717, 1.165) is 56.2 Å². The number of nitrogens with zero attached hydrogens (tertiary/aromatic N) is 5. The van der Waals surface area contributed by atoms with Crippen molar-refractivity contribution in [2.45, 2.75) is 33.2 Å². The number of carbonyl (C=O) groups excluding carboxylic acids is 1. The van der Waals surface area contributed by atoms with Gasteiger partial charge in [-0.3, -0.25) is 14.4 Å². The van der Waals surface area contributed by atoms with Crippen LogP contribution in [0.25, 0.3) is 0 Å². The van der Waals surface area contributed by atoms with E-state index in [0.29, 0.717) is 6.42 Å². The molecule has 0 saturated carbocycles. The molecule has 0 radical (unpaired) electrons. The molecule has 0 aliphatic carbocycles. The molecule has 7 nitrogen and oxygen atoms in total. The predicted octanol–water partition coefficient (Wildman–Crippen LogP) is 1.30. The van der Waals surface area contributed by atoms with Crippen LogP contribution < -0.4 is 0 Å². The zero-order valence-corrected chi connectivity index (χ0v) is 14.7. The van der Waals surface area contributed by atoms with Crippen LogP contribution in [0.1, 0.15) is 29.0 Å². The van der Waals surface area contributed by atoms with E-state index in [2.05, 4.69) is 15.2 Å². The van der Waals surface area contributed by atoms with E-state index < -0.39 is 0 Å². The monoisotopic (exact) mass is 331 g/mol. The molecule has 1 saturated heterocycles. The van der Waals surface area contributed by atoms with Gasteiger partial charge in [0.2, 0.25) is 5.91 Å². The highest BCUT2D eigenvalue weighted by Gasteiger charge is 2.22. The Balaban J connectivity index is 1.56. The molecule has 0 aromatic carbocycles. The van der Waals surface area contributed by atoms with Crippen molar-refractivity contribution in [3.63, 3.8) is 0 Å². The largest absolute Gasteiger partial charge is 0.361 e. The van der Waals surface area contributed by atoms with Crippen LogP contribution in [0.3, 0.4) is 0 Å². The molecule has 0 spiro atoms. The summed E-state index contributed by atoms with van der Waals surface area (Å²) in [7, 11) is 1.93. The third-order valence-electron chi connectivity index (χ3n) is 4.61. The van der Waals surface area contributed by atoms with E-state index in [1.807, 2.05) is 42.9 Å². The lowest BCUT2D eigenvalue weighted by Gasteiger charge is -2.21. The molecule has 0 atom stereocenters. The minimum absolute atomic E-state index is 0.160. The van der Waals surface area contributed by atoms with Gasteiger partial charge in [0, 0.05) is 57.1 Å². The number of aromatic nitrogens is 3. The first-order valence-electron chi connectivity index (χ1n) is 8.42. The first kappa shape index (κ1) is 16.7. The van der Waals surface area contributed by atoms with Gasteiger partial charge in [0.1, 0.15) is 5.76 Å². The molecule has 130 valence electrons. The van der Waals surface area contributed by atoms with Gasteiger partial charge < -0.3 is 9.42 Å². The summed E-state index contributed by atoms with van der Waals surface area (Å²) >= 11 is 0. The number of carbonyl (C=O) groups is 1. The highest BCUT2D eigenvalue weighted by Crippen LogP contribution is 2.15. The van der Waals surface area contributed by atoms with Gasteiger partial charge in [-0.25, -0.2) is 0 Å². The van der Waals surface area contributed by atoms with Crippen LogP contribution >= 0.6 is 0 Å². The summed E-state index contributed by atoms with van der Waals surface area (Å²) in [5, 5.41) is 8.15. The Morgan fingerprint density at radius 2 is 2.08 bits per heavy atom. The third kappa shape index (κ3) is 3.84. The lowest BCUT2D eigenvalue weighted by atomic mass is 10.1. The lowest BCUT2D eigenvalue weighted by Crippen LogP contribution is -2.36. The highest BCUT2D eigenvalue weighted by atomic mass is 16.5. The molecule has 2 aromatic rings. The summed E-state index contributed by atoms with van der Waals surface area (Å²) in [6.45, 7) is 8.11. The number of hydrogen-bond acceptors (Lipinski definition) is 5. The molecule has 7 heteroatoms. The van der Waals surface area contributed by atoms with Gasteiger partial charge >= 0.3 is 0 Å². The van der Waals surface area contributed by atoms with Crippen molar-refractivity contribution in [1.82, 2.24) is 24.7 Å². The molecule has 1 aliphatic rings. The number of hydrogen-bond donors (Lipinski definition) is 0. The smallest absolute Gasteiger partial charge is 0.227 e.